The van der Waals surface area contributed by atoms with Crippen LogP contribution in [0.25, 0.3) is 11.0 Å². The van der Waals surface area contributed by atoms with E-state index >= 15 is 0 Å². The normalized spacial score (nSPS) is 10.8. The number of pyridine rings is 2. The molecule has 32 heavy (non-hydrogen) atoms. The van der Waals surface area contributed by atoms with Crippen LogP contribution < -0.4 is 16.6 Å². The van der Waals surface area contributed by atoms with E-state index in [9.17, 15) is 24.5 Å². The Morgan fingerprint density at radius 1 is 1.03 bits per heavy atom. The third kappa shape index (κ3) is 4.12. The van der Waals surface area contributed by atoms with E-state index < -0.39 is 28.6 Å². The summed E-state index contributed by atoms with van der Waals surface area (Å²) < 4.78 is 2.16. The number of aromatic nitrogens is 4. The van der Waals surface area contributed by atoms with Gasteiger partial charge in [0.2, 0.25) is 5.91 Å². The number of fused-ring (bicyclic) bond motifs is 1. The van der Waals surface area contributed by atoms with Crippen LogP contribution in [0.15, 0.2) is 76.7 Å². The van der Waals surface area contributed by atoms with E-state index in [0.29, 0.717) is 5.56 Å². The fraction of sp³-hybridized carbons (Fsp3) is 0.0952. The van der Waals surface area contributed by atoms with Gasteiger partial charge in [0.15, 0.2) is 5.52 Å². The molecular formula is C21H16N6O5. The highest BCUT2D eigenvalue weighted by Gasteiger charge is 2.17. The summed E-state index contributed by atoms with van der Waals surface area (Å²) >= 11 is 0. The third-order valence-corrected chi connectivity index (χ3v) is 4.72. The molecule has 1 amide bonds. The summed E-state index contributed by atoms with van der Waals surface area (Å²) in [6, 6.07) is 11.9. The third-order valence-electron chi connectivity index (χ3n) is 4.72. The first-order valence-electron chi connectivity index (χ1n) is 9.45. The molecule has 160 valence electrons. The van der Waals surface area contributed by atoms with Gasteiger partial charge in [-0.05, 0) is 35.9 Å². The van der Waals surface area contributed by atoms with Crippen LogP contribution in [0, 0.1) is 10.1 Å². The fourth-order valence-corrected chi connectivity index (χ4v) is 3.25. The Morgan fingerprint density at radius 3 is 2.56 bits per heavy atom. The van der Waals surface area contributed by atoms with Gasteiger partial charge in [0.25, 0.3) is 11.2 Å². The van der Waals surface area contributed by atoms with Crippen molar-refractivity contribution in [1.29, 1.82) is 0 Å². The number of anilines is 1. The molecule has 0 saturated carbocycles. The Kier molecular flexibility index (Phi) is 5.53. The second kappa shape index (κ2) is 8.60. The van der Waals surface area contributed by atoms with Crippen LogP contribution in [-0.2, 0) is 17.9 Å². The number of non-ortho nitro benzene ring substituents is 1. The second-order valence-electron chi connectivity index (χ2n) is 6.84. The van der Waals surface area contributed by atoms with Crippen molar-refractivity contribution in [2.75, 3.05) is 5.32 Å². The summed E-state index contributed by atoms with van der Waals surface area (Å²) in [5.74, 6) is -0.591. The number of benzene rings is 1. The zero-order valence-electron chi connectivity index (χ0n) is 16.5. The lowest BCUT2D eigenvalue weighted by molar-refractivity contribution is -0.384. The maximum absolute atomic E-state index is 13.2. The first-order valence-corrected chi connectivity index (χ1v) is 9.45. The van der Waals surface area contributed by atoms with Crippen molar-refractivity contribution in [1.82, 2.24) is 19.1 Å². The quantitative estimate of drug-likeness (QED) is 0.360. The predicted molar refractivity (Wildman–Crippen MR) is 115 cm³/mol. The van der Waals surface area contributed by atoms with Gasteiger partial charge in [-0.25, -0.2) is 9.78 Å². The van der Waals surface area contributed by atoms with Gasteiger partial charge in [0.1, 0.15) is 6.54 Å². The average Bonchev–Trinajstić information content (AvgIpc) is 2.80. The maximum atomic E-state index is 13.2. The molecule has 0 atom stereocenters. The van der Waals surface area contributed by atoms with Crippen LogP contribution in [0.1, 0.15) is 5.56 Å². The van der Waals surface area contributed by atoms with Gasteiger partial charge >= 0.3 is 5.69 Å². The molecule has 0 aliphatic rings. The van der Waals surface area contributed by atoms with E-state index in [-0.39, 0.29) is 29.0 Å². The molecule has 3 aromatic heterocycles. The molecule has 1 N–H and O–H groups in total. The minimum Gasteiger partial charge on any atom is -0.324 e. The second-order valence-corrected chi connectivity index (χ2v) is 6.84. The van der Waals surface area contributed by atoms with Gasteiger partial charge in [-0.2, -0.15) is 0 Å². The van der Waals surface area contributed by atoms with E-state index in [1.165, 1.54) is 36.5 Å². The van der Waals surface area contributed by atoms with Crippen molar-refractivity contribution in [2.45, 2.75) is 13.1 Å². The lowest BCUT2D eigenvalue weighted by Gasteiger charge is -2.13. The number of amides is 1. The van der Waals surface area contributed by atoms with Crippen LogP contribution in [0.5, 0.6) is 0 Å². The van der Waals surface area contributed by atoms with Gasteiger partial charge in [-0.3, -0.25) is 33.8 Å². The highest BCUT2D eigenvalue weighted by atomic mass is 16.6. The smallest absolute Gasteiger partial charge is 0.324 e. The molecule has 11 nitrogen and oxygen atoms in total. The molecule has 4 aromatic rings. The highest BCUT2D eigenvalue weighted by molar-refractivity contribution is 5.91. The number of hydrogen-bond donors (Lipinski definition) is 1. The monoisotopic (exact) mass is 432 g/mol. The molecule has 0 spiro atoms. The van der Waals surface area contributed by atoms with Gasteiger partial charge in [-0.15, -0.1) is 0 Å². The number of carbonyl (C=O) groups is 1. The van der Waals surface area contributed by atoms with Crippen LogP contribution in [-0.4, -0.2) is 29.9 Å². The number of hydrogen-bond acceptors (Lipinski definition) is 7. The lowest BCUT2D eigenvalue weighted by Crippen LogP contribution is -2.42. The molecule has 0 aliphatic heterocycles. The summed E-state index contributed by atoms with van der Waals surface area (Å²) in [6.07, 6.45) is 4.52. The molecule has 0 radical (unpaired) electrons. The van der Waals surface area contributed by atoms with Crippen molar-refractivity contribution in [3.63, 3.8) is 0 Å². The molecule has 4 rings (SSSR count). The van der Waals surface area contributed by atoms with Crippen LogP contribution in [0.4, 0.5) is 11.4 Å². The minimum absolute atomic E-state index is 0.0147. The number of carbonyl (C=O) groups excluding carboxylic acids is 1. The Bertz CT molecular complexity index is 1440. The standard InChI is InChI=1S/C21H16N6O5/c28-18(24-15-3-1-4-16(11-15)27(31)32)13-25-17-5-2-8-23-19(17)20(29)26(21(25)30)12-14-6-9-22-10-7-14/h1-11H,12-13H2,(H,24,28). The Labute approximate surface area is 179 Å². The van der Waals surface area contributed by atoms with E-state index in [0.717, 1.165) is 9.13 Å². The van der Waals surface area contributed by atoms with Crippen molar-refractivity contribution < 1.29 is 9.72 Å². The molecular weight excluding hydrogens is 416 g/mol. The van der Waals surface area contributed by atoms with Crippen LogP contribution in [0.2, 0.25) is 0 Å². The van der Waals surface area contributed by atoms with Crippen molar-refractivity contribution in [3.05, 3.63) is 104 Å². The highest BCUT2D eigenvalue weighted by Crippen LogP contribution is 2.17. The molecule has 0 bridgehead atoms. The van der Waals surface area contributed by atoms with Crippen molar-refractivity contribution >= 4 is 28.3 Å². The topological polar surface area (TPSA) is 142 Å². The number of nitro groups is 1. The maximum Gasteiger partial charge on any atom is 0.332 e. The molecule has 0 unspecified atom stereocenters. The molecule has 3 heterocycles. The number of rotatable bonds is 6. The number of nitrogens with one attached hydrogen (secondary N) is 1. The van der Waals surface area contributed by atoms with Crippen molar-refractivity contribution in [3.8, 4) is 0 Å². The largest absolute Gasteiger partial charge is 0.332 e. The minimum atomic E-state index is -0.679. The van der Waals surface area contributed by atoms with E-state index in [1.54, 1.807) is 30.6 Å². The zero-order valence-corrected chi connectivity index (χ0v) is 16.5. The van der Waals surface area contributed by atoms with Gasteiger partial charge in [0, 0.05) is 36.4 Å². The van der Waals surface area contributed by atoms with Crippen LogP contribution in [0.3, 0.4) is 0 Å². The SMILES string of the molecule is O=C(Cn1c(=O)n(Cc2ccncc2)c(=O)c2ncccc21)Nc1cccc([N+](=O)[O-])c1. The number of nitro benzene ring substituents is 1. The zero-order chi connectivity index (χ0) is 22.7. The summed E-state index contributed by atoms with van der Waals surface area (Å²) in [4.78, 5) is 57.1. The first-order chi connectivity index (χ1) is 15.4. The van der Waals surface area contributed by atoms with Gasteiger partial charge < -0.3 is 5.32 Å². The summed E-state index contributed by atoms with van der Waals surface area (Å²) in [5.41, 5.74) is -0.279. The Balaban J connectivity index is 1.72. The van der Waals surface area contributed by atoms with Crippen molar-refractivity contribution in [2.24, 2.45) is 0 Å². The van der Waals surface area contributed by atoms with Gasteiger partial charge in [-0.1, -0.05) is 6.07 Å². The van der Waals surface area contributed by atoms with E-state index in [4.69, 9.17) is 0 Å². The average molecular weight is 432 g/mol. The van der Waals surface area contributed by atoms with E-state index in [2.05, 4.69) is 15.3 Å². The molecule has 0 saturated heterocycles. The first kappa shape index (κ1) is 20.6. The molecule has 0 fully saturated rings. The molecule has 1 aromatic carbocycles. The summed E-state index contributed by atoms with van der Waals surface area (Å²) in [6.45, 7) is -0.431. The summed E-state index contributed by atoms with van der Waals surface area (Å²) in [5, 5.41) is 13.5. The number of nitrogens with zero attached hydrogens (tertiary/aromatic N) is 5. The van der Waals surface area contributed by atoms with Gasteiger partial charge in [0.05, 0.1) is 17.0 Å². The Morgan fingerprint density at radius 2 is 1.81 bits per heavy atom. The predicted octanol–water partition coefficient (Wildman–Crippen LogP) is 1.55. The fourth-order valence-electron chi connectivity index (χ4n) is 3.25. The van der Waals surface area contributed by atoms with E-state index in [1.807, 2.05) is 0 Å². The Hall–Kier alpha value is -4.67. The molecule has 0 aliphatic carbocycles. The molecule has 11 heteroatoms. The lowest BCUT2D eigenvalue weighted by atomic mass is 10.2. The van der Waals surface area contributed by atoms with Crippen LogP contribution >= 0.6 is 0 Å². The summed E-state index contributed by atoms with van der Waals surface area (Å²) in [7, 11) is 0.